The zero-order valence-electron chi connectivity index (χ0n) is 8.78. The van der Waals surface area contributed by atoms with Gasteiger partial charge in [0.15, 0.2) is 6.10 Å². The molecule has 0 aliphatic heterocycles. The Balaban J connectivity index is 2.36. The van der Waals surface area contributed by atoms with Crippen LogP contribution in [-0.2, 0) is 16.1 Å². The number of carbonyl (C=O) groups excluding carboxylic acids is 1. The number of rotatable bonds is 4. The third-order valence-electron chi connectivity index (χ3n) is 1.98. The van der Waals surface area contributed by atoms with E-state index in [1.807, 2.05) is 0 Å². The van der Waals surface area contributed by atoms with E-state index >= 15 is 0 Å². The smallest absolute Gasteiger partial charge is 0.414 e. The summed E-state index contributed by atoms with van der Waals surface area (Å²) in [6.45, 7) is -0.107. The average molecular weight is 248 g/mol. The van der Waals surface area contributed by atoms with Crippen LogP contribution in [0.15, 0.2) is 30.3 Å². The Morgan fingerprint density at radius 2 is 1.88 bits per heavy atom. The third-order valence-corrected chi connectivity index (χ3v) is 1.98. The summed E-state index contributed by atoms with van der Waals surface area (Å²) in [6, 6.07) is 8.54. The Morgan fingerprint density at radius 1 is 1.29 bits per heavy atom. The van der Waals surface area contributed by atoms with Crippen molar-refractivity contribution in [2.24, 2.45) is 0 Å². The van der Waals surface area contributed by atoms with Crippen LogP contribution >= 0.6 is 0 Å². The van der Waals surface area contributed by atoms with Gasteiger partial charge in [-0.15, -0.1) is 0 Å². The predicted octanol–water partition coefficient (Wildman–Crippen LogP) is 2.04. The summed E-state index contributed by atoms with van der Waals surface area (Å²) in [5.41, 5.74) is 0.669. The molecule has 1 rings (SSSR count). The molecule has 0 spiro atoms. The molecular formula is C11H11F3O3. The first kappa shape index (κ1) is 13.5. The van der Waals surface area contributed by atoms with Crippen LogP contribution in [-0.4, -0.2) is 23.4 Å². The number of halogens is 3. The molecule has 3 nitrogen and oxygen atoms in total. The zero-order chi connectivity index (χ0) is 12.9. The van der Waals surface area contributed by atoms with E-state index in [1.165, 1.54) is 0 Å². The lowest BCUT2D eigenvalue weighted by atomic mass is 10.2. The first-order valence-corrected chi connectivity index (χ1v) is 4.84. The second-order valence-corrected chi connectivity index (χ2v) is 3.41. The molecule has 94 valence electrons. The van der Waals surface area contributed by atoms with Gasteiger partial charge in [0.05, 0.1) is 6.42 Å². The molecular weight excluding hydrogens is 237 g/mol. The van der Waals surface area contributed by atoms with Crippen molar-refractivity contribution >= 4 is 5.97 Å². The zero-order valence-corrected chi connectivity index (χ0v) is 8.78. The molecule has 1 unspecified atom stereocenters. The number of esters is 1. The fourth-order valence-electron chi connectivity index (χ4n) is 1.07. The van der Waals surface area contributed by atoms with Gasteiger partial charge in [0.1, 0.15) is 6.61 Å². The molecule has 0 bridgehead atoms. The molecule has 1 aromatic rings. The van der Waals surface area contributed by atoms with E-state index < -0.39 is 24.7 Å². The number of ether oxygens (including phenoxy) is 1. The lowest BCUT2D eigenvalue weighted by Crippen LogP contribution is -2.31. The summed E-state index contributed by atoms with van der Waals surface area (Å²) in [7, 11) is 0. The molecule has 1 aromatic carbocycles. The van der Waals surface area contributed by atoms with Crippen LogP contribution in [0.4, 0.5) is 13.2 Å². The van der Waals surface area contributed by atoms with Gasteiger partial charge in [-0.1, -0.05) is 30.3 Å². The van der Waals surface area contributed by atoms with Crippen LogP contribution in [0.2, 0.25) is 0 Å². The van der Waals surface area contributed by atoms with Gasteiger partial charge in [-0.2, -0.15) is 13.2 Å². The number of alkyl halides is 3. The highest BCUT2D eigenvalue weighted by atomic mass is 19.4. The van der Waals surface area contributed by atoms with Crippen molar-refractivity contribution in [1.82, 2.24) is 0 Å². The Morgan fingerprint density at radius 3 is 2.41 bits per heavy atom. The van der Waals surface area contributed by atoms with E-state index in [4.69, 9.17) is 5.11 Å². The summed E-state index contributed by atoms with van der Waals surface area (Å²) in [5, 5.41) is 8.63. The van der Waals surface area contributed by atoms with Crippen LogP contribution in [0.1, 0.15) is 12.0 Å². The first-order valence-electron chi connectivity index (χ1n) is 4.84. The highest BCUT2D eigenvalue weighted by molar-refractivity contribution is 5.70. The molecule has 0 heterocycles. The topological polar surface area (TPSA) is 46.5 Å². The van der Waals surface area contributed by atoms with Crippen molar-refractivity contribution in [3.63, 3.8) is 0 Å². The van der Waals surface area contributed by atoms with Crippen molar-refractivity contribution in [3.05, 3.63) is 35.9 Å². The largest absolute Gasteiger partial charge is 0.461 e. The van der Waals surface area contributed by atoms with Crippen molar-refractivity contribution in [2.75, 3.05) is 0 Å². The van der Waals surface area contributed by atoms with Gasteiger partial charge >= 0.3 is 12.1 Å². The Hall–Kier alpha value is -1.56. The lowest BCUT2D eigenvalue weighted by Gasteiger charge is -2.13. The van der Waals surface area contributed by atoms with E-state index in [0.29, 0.717) is 5.56 Å². The molecule has 0 fully saturated rings. The molecule has 0 radical (unpaired) electrons. The second-order valence-electron chi connectivity index (χ2n) is 3.41. The minimum Gasteiger partial charge on any atom is -0.461 e. The van der Waals surface area contributed by atoms with E-state index in [-0.39, 0.29) is 6.61 Å². The van der Waals surface area contributed by atoms with Gasteiger partial charge in [-0.25, -0.2) is 0 Å². The SMILES string of the molecule is O=C(CC(O)C(F)(F)F)OCc1ccccc1. The molecule has 1 N–H and O–H groups in total. The van der Waals surface area contributed by atoms with Crippen LogP contribution in [0, 0.1) is 0 Å². The number of carbonyl (C=O) groups is 1. The summed E-state index contributed by atoms with van der Waals surface area (Å²) in [6.07, 6.45) is -8.56. The van der Waals surface area contributed by atoms with E-state index in [2.05, 4.69) is 4.74 Å². The number of aliphatic hydroxyl groups is 1. The minimum atomic E-state index is -4.80. The summed E-state index contributed by atoms with van der Waals surface area (Å²) >= 11 is 0. The number of hydrogen-bond acceptors (Lipinski definition) is 3. The molecule has 6 heteroatoms. The van der Waals surface area contributed by atoms with Crippen LogP contribution in [0.25, 0.3) is 0 Å². The maximum Gasteiger partial charge on any atom is 0.414 e. The molecule has 0 aliphatic rings. The fourth-order valence-corrected chi connectivity index (χ4v) is 1.07. The standard InChI is InChI=1S/C11H11F3O3/c12-11(13,14)9(15)6-10(16)17-7-8-4-2-1-3-5-8/h1-5,9,15H,6-7H2. The van der Waals surface area contributed by atoms with Gasteiger partial charge in [-0.3, -0.25) is 4.79 Å². The maximum atomic E-state index is 11.9. The van der Waals surface area contributed by atoms with Gasteiger partial charge in [0, 0.05) is 0 Å². The molecule has 17 heavy (non-hydrogen) atoms. The van der Waals surface area contributed by atoms with Crippen LogP contribution < -0.4 is 0 Å². The van der Waals surface area contributed by atoms with Crippen molar-refractivity contribution < 1.29 is 27.8 Å². The van der Waals surface area contributed by atoms with E-state index in [1.54, 1.807) is 30.3 Å². The van der Waals surface area contributed by atoms with Crippen LogP contribution in [0.5, 0.6) is 0 Å². The molecule has 1 atom stereocenters. The normalized spacial score (nSPS) is 13.2. The molecule has 0 amide bonds. The van der Waals surface area contributed by atoms with Crippen LogP contribution in [0.3, 0.4) is 0 Å². The van der Waals surface area contributed by atoms with Gasteiger partial charge < -0.3 is 9.84 Å². The molecule has 0 aromatic heterocycles. The maximum absolute atomic E-state index is 11.9. The molecule has 0 saturated heterocycles. The Labute approximate surface area is 95.8 Å². The quantitative estimate of drug-likeness (QED) is 0.829. The summed E-state index contributed by atoms with van der Waals surface area (Å²) in [4.78, 5) is 11.0. The van der Waals surface area contributed by atoms with E-state index in [0.717, 1.165) is 0 Å². The van der Waals surface area contributed by atoms with Crippen molar-refractivity contribution in [1.29, 1.82) is 0 Å². The minimum absolute atomic E-state index is 0.107. The second kappa shape index (κ2) is 5.67. The lowest BCUT2D eigenvalue weighted by molar-refractivity contribution is -0.209. The first-order chi connectivity index (χ1) is 7.89. The van der Waals surface area contributed by atoms with Gasteiger partial charge in [0.2, 0.25) is 0 Å². The number of benzene rings is 1. The highest BCUT2D eigenvalue weighted by Crippen LogP contribution is 2.22. The van der Waals surface area contributed by atoms with Gasteiger partial charge in [0.25, 0.3) is 0 Å². The number of aliphatic hydroxyl groups excluding tert-OH is 1. The van der Waals surface area contributed by atoms with Crippen molar-refractivity contribution in [2.45, 2.75) is 25.3 Å². The Kier molecular flexibility index (Phi) is 4.51. The van der Waals surface area contributed by atoms with Gasteiger partial charge in [-0.05, 0) is 5.56 Å². The molecule has 0 aliphatic carbocycles. The fraction of sp³-hybridized carbons (Fsp3) is 0.364. The third kappa shape index (κ3) is 4.86. The highest BCUT2D eigenvalue weighted by Gasteiger charge is 2.39. The van der Waals surface area contributed by atoms with E-state index in [9.17, 15) is 18.0 Å². The summed E-state index contributed by atoms with van der Waals surface area (Å²) in [5.74, 6) is -1.08. The van der Waals surface area contributed by atoms with Crippen molar-refractivity contribution in [3.8, 4) is 0 Å². The Bertz CT molecular complexity index is 362. The monoisotopic (exact) mass is 248 g/mol. The average Bonchev–Trinajstić information content (AvgIpc) is 2.26. The molecule has 0 saturated carbocycles. The summed E-state index contributed by atoms with van der Waals surface area (Å²) < 4.78 is 40.3. The number of hydrogen-bond donors (Lipinski definition) is 1. The predicted molar refractivity (Wildman–Crippen MR) is 52.9 cm³/mol.